The molecule has 4 rings (SSSR count). The van der Waals surface area contributed by atoms with Crippen molar-refractivity contribution in [1.82, 2.24) is 9.55 Å². The SMILES string of the molecule is Cc1cn2c(nc1=O)O[C@H](COc1ccc(C3CCCCC3)cc1)C2. The van der Waals surface area contributed by atoms with Crippen LogP contribution in [0.15, 0.2) is 35.3 Å². The van der Waals surface area contributed by atoms with E-state index in [1.807, 2.05) is 4.57 Å². The third-order valence-corrected chi connectivity index (χ3v) is 5.19. The van der Waals surface area contributed by atoms with Crippen LogP contribution in [0.2, 0.25) is 0 Å². The molecule has 0 unspecified atom stereocenters. The van der Waals surface area contributed by atoms with Gasteiger partial charge in [0, 0.05) is 11.8 Å². The number of nitrogens with zero attached hydrogens (tertiary/aromatic N) is 2. The van der Waals surface area contributed by atoms with Crippen molar-refractivity contribution in [2.45, 2.75) is 57.6 Å². The van der Waals surface area contributed by atoms with Gasteiger partial charge in [-0.3, -0.25) is 9.36 Å². The van der Waals surface area contributed by atoms with Gasteiger partial charge in [0.15, 0.2) is 6.10 Å². The molecule has 2 aliphatic rings. The average molecular weight is 340 g/mol. The lowest BCUT2D eigenvalue weighted by molar-refractivity contribution is 0.143. The van der Waals surface area contributed by atoms with Crippen LogP contribution in [0.25, 0.3) is 0 Å². The van der Waals surface area contributed by atoms with Gasteiger partial charge in [-0.05, 0) is 43.4 Å². The summed E-state index contributed by atoms with van der Waals surface area (Å²) in [5.41, 5.74) is 1.83. The fourth-order valence-electron chi connectivity index (χ4n) is 3.76. The molecule has 1 aliphatic heterocycles. The van der Waals surface area contributed by atoms with E-state index in [9.17, 15) is 4.79 Å². The molecule has 25 heavy (non-hydrogen) atoms. The molecule has 1 fully saturated rings. The second kappa shape index (κ2) is 6.90. The van der Waals surface area contributed by atoms with Crippen molar-refractivity contribution in [2.24, 2.45) is 0 Å². The minimum absolute atomic E-state index is 0.119. The van der Waals surface area contributed by atoms with Gasteiger partial charge < -0.3 is 9.47 Å². The Morgan fingerprint density at radius 1 is 1.20 bits per heavy atom. The Kier molecular flexibility index (Phi) is 4.47. The van der Waals surface area contributed by atoms with Crippen molar-refractivity contribution < 1.29 is 9.47 Å². The molecule has 5 nitrogen and oxygen atoms in total. The van der Waals surface area contributed by atoms with Gasteiger partial charge in [-0.15, -0.1) is 0 Å². The number of rotatable bonds is 4. The number of hydrogen-bond acceptors (Lipinski definition) is 4. The molecule has 0 N–H and O–H groups in total. The topological polar surface area (TPSA) is 53.4 Å². The second-order valence-corrected chi connectivity index (χ2v) is 7.12. The highest BCUT2D eigenvalue weighted by Crippen LogP contribution is 2.33. The van der Waals surface area contributed by atoms with E-state index in [0.717, 1.165) is 5.75 Å². The minimum Gasteiger partial charge on any atom is -0.490 e. The summed E-state index contributed by atoms with van der Waals surface area (Å²) in [5.74, 6) is 1.57. The minimum atomic E-state index is -0.230. The molecule has 0 bridgehead atoms. The van der Waals surface area contributed by atoms with E-state index in [0.29, 0.717) is 30.6 Å². The Balaban J connectivity index is 1.34. The van der Waals surface area contributed by atoms with Crippen molar-refractivity contribution in [3.8, 4) is 11.8 Å². The largest absolute Gasteiger partial charge is 0.490 e. The van der Waals surface area contributed by atoms with Gasteiger partial charge in [-0.25, -0.2) is 0 Å². The fourth-order valence-corrected chi connectivity index (χ4v) is 3.76. The summed E-state index contributed by atoms with van der Waals surface area (Å²) in [6.07, 6.45) is 8.36. The first-order chi connectivity index (χ1) is 12.2. The molecule has 2 aromatic rings. The molecule has 5 heteroatoms. The summed E-state index contributed by atoms with van der Waals surface area (Å²) in [6.45, 7) is 2.86. The van der Waals surface area contributed by atoms with Crippen LogP contribution in [-0.4, -0.2) is 22.3 Å². The normalized spacial score (nSPS) is 20.1. The van der Waals surface area contributed by atoms with Crippen LogP contribution in [0.5, 0.6) is 11.8 Å². The summed E-state index contributed by atoms with van der Waals surface area (Å²) < 4.78 is 13.5. The van der Waals surface area contributed by atoms with Crippen LogP contribution >= 0.6 is 0 Å². The van der Waals surface area contributed by atoms with Gasteiger partial charge in [-0.1, -0.05) is 31.4 Å². The van der Waals surface area contributed by atoms with Crippen molar-refractivity contribution in [2.75, 3.05) is 6.61 Å². The van der Waals surface area contributed by atoms with E-state index in [2.05, 4.69) is 29.2 Å². The highest BCUT2D eigenvalue weighted by atomic mass is 16.6. The standard InChI is InChI=1S/C20H24N2O3/c1-14-11-22-12-18(25-20(22)21-19(14)23)13-24-17-9-7-16(8-10-17)15-5-3-2-4-6-15/h7-11,15,18H,2-6,12-13H2,1H3/t18-/m0/s1. The second-order valence-electron chi connectivity index (χ2n) is 7.12. The molecule has 0 amide bonds. The molecule has 0 radical (unpaired) electrons. The lowest BCUT2D eigenvalue weighted by Crippen LogP contribution is -2.23. The zero-order valence-electron chi connectivity index (χ0n) is 14.6. The first-order valence-corrected chi connectivity index (χ1v) is 9.16. The van der Waals surface area contributed by atoms with Gasteiger partial charge in [0.05, 0.1) is 6.54 Å². The van der Waals surface area contributed by atoms with Gasteiger partial charge in [0.25, 0.3) is 11.6 Å². The lowest BCUT2D eigenvalue weighted by Gasteiger charge is -2.22. The average Bonchev–Trinajstić information content (AvgIpc) is 3.03. The molecular formula is C20H24N2O3. The molecule has 1 aromatic carbocycles. The fraction of sp³-hybridized carbons (Fsp3) is 0.500. The zero-order valence-corrected chi connectivity index (χ0v) is 14.6. The number of ether oxygens (including phenoxy) is 2. The Bertz CT molecular complexity index is 792. The van der Waals surface area contributed by atoms with Crippen LogP contribution in [0.1, 0.15) is 49.1 Å². The molecule has 132 valence electrons. The molecular weight excluding hydrogens is 316 g/mol. The van der Waals surface area contributed by atoms with Gasteiger partial charge >= 0.3 is 0 Å². The molecule has 2 heterocycles. The van der Waals surface area contributed by atoms with Gasteiger partial charge in [0.1, 0.15) is 12.4 Å². The van der Waals surface area contributed by atoms with Crippen molar-refractivity contribution in [3.63, 3.8) is 0 Å². The van der Waals surface area contributed by atoms with Crippen molar-refractivity contribution >= 4 is 0 Å². The highest BCUT2D eigenvalue weighted by molar-refractivity contribution is 5.29. The van der Waals surface area contributed by atoms with E-state index in [1.165, 1.54) is 37.7 Å². The first-order valence-electron chi connectivity index (χ1n) is 9.16. The maximum absolute atomic E-state index is 11.6. The summed E-state index contributed by atoms with van der Waals surface area (Å²) in [7, 11) is 0. The van der Waals surface area contributed by atoms with E-state index in [1.54, 1.807) is 13.1 Å². The summed E-state index contributed by atoms with van der Waals surface area (Å²) in [5, 5.41) is 0. The number of benzene rings is 1. The Morgan fingerprint density at radius 3 is 2.72 bits per heavy atom. The monoisotopic (exact) mass is 340 g/mol. The highest BCUT2D eigenvalue weighted by Gasteiger charge is 2.24. The Morgan fingerprint density at radius 2 is 1.96 bits per heavy atom. The molecule has 1 atom stereocenters. The lowest BCUT2D eigenvalue weighted by atomic mass is 9.84. The predicted molar refractivity (Wildman–Crippen MR) is 95.4 cm³/mol. The number of aromatic nitrogens is 2. The first kappa shape index (κ1) is 16.2. The quantitative estimate of drug-likeness (QED) is 0.855. The molecule has 0 saturated heterocycles. The summed E-state index contributed by atoms with van der Waals surface area (Å²) in [4.78, 5) is 15.5. The van der Waals surface area contributed by atoms with Crippen molar-refractivity contribution in [3.05, 3.63) is 51.9 Å². The molecule has 0 spiro atoms. The smallest absolute Gasteiger partial charge is 0.300 e. The predicted octanol–water partition coefficient (Wildman–Crippen LogP) is 3.44. The van der Waals surface area contributed by atoms with Crippen LogP contribution in [-0.2, 0) is 6.54 Å². The Hall–Kier alpha value is -2.30. The van der Waals surface area contributed by atoms with Crippen LogP contribution in [0, 0.1) is 6.92 Å². The number of hydrogen-bond donors (Lipinski definition) is 0. The van der Waals surface area contributed by atoms with Crippen LogP contribution in [0.3, 0.4) is 0 Å². The van der Waals surface area contributed by atoms with E-state index in [4.69, 9.17) is 9.47 Å². The maximum Gasteiger partial charge on any atom is 0.300 e. The maximum atomic E-state index is 11.6. The number of aryl methyl sites for hydroxylation is 1. The molecule has 1 aliphatic carbocycles. The van der Waals surface area contributed by atoms with Crippen LogP contribution < -0.4 is 15.0 Å². The van der Waals surface area contributed by atoms with E-state index < -0.39 is 0 Å². The third kappa shape index (κ3) is 3.55. The van der Waals surface area contributed by atoms with E-state index in [-0.39, 0.29) is 11.7 Å². The zero-order chi connectivity index (χ0) is 17.2. The van der Waals surface area contributed by atoms with Gasteiger partial charge in [-0.2, -0.15) is 4.98 Å². The van der Waals surface area contributed by atoms with Crippen LogP contribution in [0.4, 0.5) is 0 Å². The number of fused-ring (bicyclic) bond motifs is 1. The third-order valence-electron chi connectivity index (χ3n) is 5.19. The van der Waals surface area contributed by atoms with Gasteiger partial charge in [0.2, 0.25) is 0 Å². The molecule has 1 saturated carbocycles. The Labute approximate surface area is 147 Å². The van der Waals surface area contributed by atoms with Crippen molar-refractivity contribution in [1.29, 1.82) is 0 Å². The summed E-state index contributed by atoms with van der Waals surface area (Å²) >= 11 is 0. The van der Waals surface area contributed by atoms with E-state index >= 15 is 0 Å². The summed E-state index contributed by atoms with van der Waals surface area (Å²) in [6, 6.07) is 8.88. The molecule has 1 aromatic heterocycles.